The number of rotatable bonds is 2. The van der Waals surface area contributed by atoms with Crippen molar-refractivity contribution in [2.45, 2.75) is 24.7 Å². The van der Waals surface area contributed by atoms with Crippen molar-refractivity contribution in [2.24, 2.45) is 7.05 Å². The molecule has 0 saturated heterocycles. The van der Waals surface area contributed by atoms with Gasteiger partial charge in [-0.1, -0.05) is 12.5 Å². The normalized spacial score (nSPS) is 17.2. The minimum absolute atomic E-state index is 0.202. The monoisotopic (exact) mass is 261 g/mol. The van der Waals surface area contributed by atoms with E-state index in [0.29, 0.717) is 11.1 Å². The van der Waals surface area contributed by atoms with Gasteiger partial charge in [0, 0.05) is 7.05 Å². The number of ether oxygens (including phenoxy) is 1. The Balaban J connectivity index is 2.17. The van der Waals surface area contributed by atoms with Gasteiger partial charge in [-0.3, -0.25) is 9.36 Å². The number of hydrogen-bond donors (Lipinski definition) is 0. The lowest BCUT2D eigenvalue weighted by Crippen LogP contribution is -2.43. The first-order chi connectivity index (χ1) is 9.08. The number of aryl methyl sites for hydroxylation is 1. The standard InChI is InChI=1S/C14H15NO4/c1-15-10-8-9(4-5-11(10)19-13(15)17)14(6-3-7-14)12(16)18-2/h4-5,8H,3,6-7H2,1-2H3. The van der Waals surface area contributed by atoms with E-state index in [9.17, 15) is 9.59 Å². The van der Waals surface area contributed by atoms with Crippen molar-refractivity contribution >= 4 is 17.1 Å². The molecule has 0 unspecified atom stereocenters. The fourth-order valence-electron chi connectivity index (χ4n) is 2.76. The molecule has 0 N–H and O–H groups in total. The lowest BCUT2D eigenvalue weighted by atomic mass is 9.64. The summed E-state index contributed by atoms with van der Waals surface area (Å²) in [6.45, 7) is 0. The van der Waals surface area contributed by atoms with E-state index in [4.69, 9.17) is 9.15 Å². The molecule has 0 radical (unpaired) electrons. The summed E-state index contributed by atoms with van der Waals surface area (Å²) in [5.74, 6) is -0.598. The first-order valence-electron chi connectivity index (χ1n) is 6.27. The van der Waals surface area contributed by atoms with Gasteiger partial charge >= 0.3 is 11.7 Å². The Hall–Kier alpha value is -2.04. The minimum atomic E-state index is -0.545. The molecule has 0 amide bonds. The van der Waals surface area contributed by atoms with Crippen LogP contribution in [-0.2, 0) is 22.0 Å². The van der Waals surface area contributed by atoms with Gasteiger partial charge in [0.05, 0.1) is 18.0 Å². The van der Waals surface area contributed by atoms with Crippen molar-refractivity contribution in [3.05, 3.63) is 34.3 Å². The second-order valence-electron chi connectivity index (χ2n) is 5.04. The van der Waals surface area contributed by atoms with E-state index in [1.54, 1.807) is 13.1 Å². The number of nitrogens with zero attached hydrogens (tertiary/aromatic N) is 1. The van der Waals surface area contributed by atoms with Crippen molar-refractivity contribution in [1.29, 1.82) is 0 Å². The van der Waals surface area contributed by atoms with Crippen molar-refractivity contribution in [2.75, 3.05) is 7.11 Å². The van der Waals surface area contributed by atoms with Crippen LogP contribution < -0.4 is 5.76 Å². The zero-order valence-electron chi connectivity index (χ0n) is 10.9. The smallest absolute Gasteiger partial charge is 0.419 e. The number of hydrogen-bond acceptors (Lipinski definition) is 4. The lowest BCUT2D eigenvalue weighted by molar-refractivity contribution is -0.151. The van der Waals surface area contributed by atoms with Gasteiger partial charge < -0.3 is 9.15 Å². The number of fused-ring (bicyclic) bond motifs is 1. The first kappa shape index (κ1) is 12.0. The number of carbonyl (C=O) groups is 1. The minimum Gasteiger partial charge on any atom is -0.468 e. The van der Waals surface area contributed by atoms with Gasteiger partial charge in [0.15, 0.2) is 5.58 Å². The van der Waals surface area contributed by atoms with E-state index in [1.807, 2.05) is 12.1 Å². The van der Waals surface area contributed by atoms with Gasteiger partial charge in [-0.2, -0.15) is 0 Å². The van der Waals surface area contributed by atoms with E-state index in [0.717, 1.165) is 24.8 Å². The van der Waals surface area contributed by atoms with Crippen molar-refractivity contribution in [1.82, 2.24) is 4.57 Å². The third-order valence-corrected chi connectivity index (χ3v) is 4.13. The van der Waals surface area contributed by atoms with E-state index >= 15 is 0 Å². The zero-order chi connectivity index (χ0) is 13.6. The number of carbonyl (C=O) groups excluding carboxylic acids is 1. The molecular formula is C14H15NO4. The van der Waals surface area contributed by atoms with Gasteiger partial charge in [0.25, 0.3) is 0 Å². The Labute approximate surface area is 109 Å². The summed E-state index contributed by atoms with van der Waals surface area (Å²) in [6, 6.07) is 5.45. The van der Waals surface area contributed by atoms with Crippen LogP contribution in [-0.4, -0.2) is 17.6 Å². The largest absolute Gasteiger partial charge is 0.468 e. The molecule has 1 aliphatic rings. The molecule has 1 aliphatic carbocycles. The molecule has 1 heterocycles. The van der Waals surface area contributed by atoms with Crippen molar-refractivity contribution < 1.29 is 13.9 Å². The SMILES string of the molecule is COC(=O)C1(c2ccc3oc(=O)n(C)c3c2)CCC1. The van der Waals surface area contributed by atoms with E-state index < -0.39 is 11.2 Å². The average molecular weight is 261 g/mol. The number of benzene rings is 1. The zero-order valence-corrected chi connectivity index (χ0v) is 10.9. The molecule has 0 aliphatic heterocycles. The highest BCUT2D eigenvalue weighted by Gasteiger charge is 2.46. The van der Waals surface area contributed by atoms with Gasteiger partial charge in [-0.25, -0.2) is 4.79 Å². The molecule has 1 aromatic carbocycles. The highest BCUT2D eigenvalue weighted by atomic mass is 16.5. The molecular weight excluding hydrogens is 246 g/mol. The van der Waals surface area contributed by atoms with E-state index in [-0.39, 0.29) is 5.97 Å². The molecule has 2 aromatic rings. The Morgan fingerprint density at radius 2 is 2.16 bits per heavy atom. The maximum Gasteiger partial charge on any atom is 0.419 e. The summed E-state index contributed by atoms with van der Waals surface area (Å²) >= 11 is 0. The molecule has 3 rings (SSSR count). The number of aromatic nitrogens is 1. The van der Waals surface area contributed by atoms with Crippen LogP contribution in [0.1, 0.15) is 24.8 Å². The molecule has 1 aromatic heterocycles. The summed E-state index contributed by atoms with van der Waals surface area (Å²) in [6.07, 6.45) is 2.59. The molecule has 0 bridgehead atoms. The molecule has 0 atom stereocenters. The van der Waals surface area contributed by atoms with Gasteiger partial charge in [-0.05, 0) is 30.5 Å². The summed E-state index contributed by atoms with van der Waals surface area (Å²) in [5.41, 5.74) is 1.60. The number of oxazole rings is 1. The number of methoxy groups -OCH3 is 1. The molecule has 5 heteroatoms. The quantitative estimate of drug-likeness (QED) is 0.772. The Morgan fingerprint density at radius 1 is 1.42 bits per heavy atom. The Bertz CT molecular complexity index is 706. The molecule has 0 spiro atoms. The summed E-state index contributed by atoms with van der Waals surface area (Å²) < 4.78 is 11.5. The van der Waals surface area contributed by atoms with Crippen LogP contribution in [0.4, 0.5) is 0 Å². The van der Waals surface area contributed by atoms with Crippen LogP contribution >= 0.6 is 0 Å². The van der Waals surface area contributed by atoms with Crippen LogP contribution in [0.5, 0.6) is 0 Å². The van der Waals surface area contributed by atoms with Crippen LogP contribution in [0.2, 0.25) is 0 Å². The summed E-state index contributed by atoms with van der Waals surface area (Å²) in [4.78, 5) is 23.5. The summed E-state index contributed by atoms with van der Waals surface area (Å²) in [7, 11) is 3.07. The Kier molecular flexibility index (Phi) is 2.52. The average Bonchev–Trinajstić information content (AvgIpc) is 2.64. The molecule has 1 fully saturated rings. The van der Waals surface area contributed by atoms with Gasteiger partial charge in [0.1, 0.15) is 0 Å². The van der Waals surface area contributed by atoms with Crippen LogP contribution in [0.25, 0.3) is 11.1 Å². The fourth-order valence-corrected chi connectivity index (χ4v) is 2.76. The van der Waals surface area contributed by atoms with E-state index in [1.165, 1.54) is 11.7 Å². The lowest BCUT2D eigenvalue weighted by Gasteiger charge is -2.39. The highest BCUT2D eigenvalue weighted by molar-refractivity contribution is 5.86. The molecule has 100 valence electrons. The maximum atomic E-state index is 12.0. The van der Waals surface area contributed by atoms with E-state index in [2.05, 4.69) is 0 Å². The van der Waals surface area contributed by atoms with Crippen LogP contribution in [0, 0.1) is 0 Å². The van der Waals surface area contributed by atoms with Crippen LogP contribution in [0.15, 0.2) is 27.4 Å². The predicted molar refractivity (Wildman–Crippen MR) is 69.0 cm³/mol. The Morgan fingerprint density at radius 3 is 2.74 bits per heavy atom. The molecule has 5 nitrogen and oxygen atoms in total. The third kappa shape index (κ3) is 1.54. The predicted octanol–water partition coefficient (Wildman–Crippen LogP) is 1.73. The van der Waals surface area contributed by atoms with Gasteiger partial charge in [-0.15, -0.1) is 0 Å². The molecule has 19 heavy (non-hydrogen) atoms. The summed E-state index contributed by atoms with van der Waals surface area (Å²) in [5, 5.41) is 0. The third-order valence-electron chi connectivity index (χ3n) is 4.13. The maximum absolute atomic E-state index is 12.0. The second-order valence-corrected chi connectivity index (χ2v) is 5.04. The van der Waals surface area contributed by atoms with Crippen molar-refractivity contribution in [3.8, 4) is 0 Å². The van der Waals surface area contributed by atoms with Crippen LogP contribution in [0.3, 0.4) is 0 Å². The van der Waals surface area contributed by atoms with Crippen molar-refractivity contribution in [3.63, 3.8) is 0 Å². The highest BCUT2D eigenvalue weighted by Crippen LogP contribution is 2.45. The topological polar surface area (TPSA) is 61.4 Å². The fraction of sp³-hybridized carbons (Fsp3) is 0.429. The second kappa shape index (κ2) is 3.98. The number of esters is 1. The van der Waals surface area contributed by atoms with Gasteiger partial charge in [0.2, 0.25) is 0 Å². The molecule has 1 saturated carbocycles. The first-order valence-corrected chi connectivity index (χ1v) is 6.27.